The van der Waals surface area contributed by atoms with E-state index in [1.54, 1.807) is 24.3 Å². The molecule has 0 aliphatic heterocycles. The molecule has 1 aromatic rings. The van der Waals surface area contributed by atoms with Crippen LogP contribution in [0.25, 0.3) is 0 Å². The van der Waals surface area contributed by atoms with Gasteiger partial charge in [0.05, 0.1) is 0 Å². The molecule has 0 radical (unpaired) electrons. The summed E-state index contributed by atoms with van der Waals surface area (Å²) in [6.07, 6.45) is 8.53. The highest BCUT2D eigenvalue weighted by molar-refractivity contribution is 6.30. The van der Waals surface area contributed by atoms with Gasteiger partial charge in [-0.25, -0.2) is 4.79 Å². The molecule has 0 heterocycles. The summed E-state index contributed by atoms with van der Waals surface area (Å²) in [5.74, 6) is 0. The molecule has 1 aliphatic carbocycles. The predicted molar refractivity (Wildman–Crippen MR) is 79.7 cm³/mol. The zero-order valence-electron chi connectivity index (χ0n) is 11.1. The van der Waals surface area contributed by atoms with E-state index in [4.69, 9.17) is 11.6 Å². The second-order valence-electron chi connectivity index (χ2n) is 5.15. The van der Waals surface area contributed by atoms with Crippen molar-refractivity contribution in [1.29, 1.82) is 0 Å². The SMILES string of the molecule is O=C(Nc1ccc(Cl)cc1)NC1CCCCCCC1. The van der Waals surface area contributed by atoms with Crippen molar-refractivity contribution in [3.05, 3.63) is 29.3 Å². The highest BCUT2D eigenvalue weighted by atomic mass is 35.5. The first-order chi connectivity index (χ1) is 9.24. The smallest absolute Gasteiger partial charge is 0.319 e. The van der Waals surface area contributed by atoms with Crippen molar-refractivity contribution < 1.29 is 4.79 Å². The summed E-state index contributed by atoms with van der Waals surface area (Å²) >= 11 is 5.81. The van der Waals surface area contributed by atoms with E-state index in [2.05, 4.69) is 10.6 Å². The zero-order chi connectivity index (χ0) is 13.5. The van der Waals surface area contributed by atoms with Gasteiger partial charge < -0.3 is 10.6 Å². The van der Waals surface area contributed by atoms with Gasteiger partial charge in [-0.3, -0.25) is 0 Å². The number of urea groups is 1. The topological polar surface area (TPSA) is 41.1 Å². The lowest BCUT2D eigenvalue weighted by Crippen LogP contribution is -2.38. The van der Waals surface area contributed by atoms with Crippen LogP contribution in [0.2, 0.25) is 5.02 Å². The van der Waals surface area contributed by atoms with Crippen LogP contribution in [0.5, 0.6) is 0 Å². The standard InChI is InChI=1S/C15H21ClN2O/c16-12-8-10-14(11-9-12)18-15(19)17-13-6-4-2-1-3-5-7-13/h8-11,13H,1-7H2,(H2,17,18,19). The van der Waals surface area contributed by atoms with Crippen molar-refractivity contribution in [3.63, 3.8) is 0 Å². The highest BCUT2D eigenvalue weighted by Crippen LogP contribution is 2.17. The summed E-state index contributed by atoms with van der Waals surface area (Å²) in [6.45, 7) is 0. The fraction of sp³-hybridized carbons (Fsp3) is 0.533. The van der Waals surface area contributed by atoms with Gasteiger partial charge in [0.15, 0.2) is 0 Å². The summed E-state index contributed by atoms with van der Waals surface area (Å²) in [5.41, 5.74) is 0.771. The van der Waals surface area contributed by atoms with E-state index in [1.165, 1.54) is 32.1 Å². The van der Waals surface area contributed by atoms with Crippen LogP contribution in [-0.4, -0.2) is 12.1 Å². The number of carbonyl (C=O) groups excluding carboxylic acids is 1. The molecule has 0 atom stereocenters. The Bertz CT molecular complexity index is 397. The van der Waals surface area contributed by atoms with Crippen LogP contribution in [0.1, 0.15) is 44.9 Å². The summed E-state index contributed by atoms with van der Waals surface area (Å²) in [6, 6.07) is 7.35. The molecule has 2 rings (SSSR count). The van der Waals surface area contributed by atoms with E-state index in [1.807, 2.05) is 0 Å². The average molecular weight is 281 g/mol. The van der Waals surface area contributed by atoms with E-state index >= 15 is 0 Å². The molecule has 1 aromatic carbocycles. The molecular formula is C15H21ClN2O. The van der Waals surface area contributed by atoms with Gasteiger partial charge in [0.1, 0.15) is 0 Å². The maximum absolute atomic E-state index is 11.9. The number of hydrogen-bond acceptors (Lipinski definition) is 1. The summed E-state index contributed by atoms with van der Waals surface area (Å²) in [4.78, 5) is 11.9. The van der Waals surface area contributed by atoms with Crippen LogP contribution in [0.15, 0.2) is 24.3 Å². The molecule has 1 saturated carbocycles. The monoisotopic (exact) mass is 280 g/mol. The third-order valence-electron chi connectivity index (χ3n) is 3.54. The van der Waals surface area contributed by atoms with Crippen molar-refractivity contribution in [2.45, 2.75) is 51.0 Å². The van der Waals surface area contributed by atoms with E-state index in [0.717, 1.165) is 18.5 Å². The number of halogens is 1. The lowest BCUT2D eigenvalue weighted by Gasteiger charge is -2.21. The van der Waals surface area contributed by atoms with Crippen LogP contribution in [0.4, 0.5) is 10.5 Å². The molecule has 3 nitrogen and oxygen atoms in total. The molecule has 0 unspecified atom stereocenters. The Morgan fingerprint density at radius 3 is 2.21 bits per heavy atom. The summed E-state index contributed by atoms with van der Waals surface area (Å²) in [7, 11) is 0. The molecule has 1 fully saturated rings. The number of benzene rings is 1. The molecule has 0 aromatic heterocycles. The molecule has 1 aliphatic rings. The Labute approximate surface area is 119 Å². The number of hydrogen-bond donors (Lipinski definition) is 2. The van der Waals surface area contributed by atoms with E-state index < -0.39 is 0 Å². The number of anilines is 1. The molecule has 19 heavy (non-hydrogen) atoms. The van der Waals surface area contributed by atoms with Gasteiger partial charge in [0.25, 0.3) is 0 Å². The zero-order valence-corrected chi connectivity index (χ0v) is 11.9. The summed E-state index contributed by atoms with van der Waals surface area (Å²) in [5, 5.41) is 6.58. The van der Waals surface area contributed by atoms with Gasteiger partial charge in [-0.1, -0.05) is 43.7 Å². The van der Waals surface area contributed by atoms with Crippen LogP contribution in [0, 0.1) is 0 Å². The molecule has 0 spiro atoms. The highest BCUT2D eigenvalue weighted by Gasteiger charge is 2.13. The van der Waals surface area contributed by atoms with Gasteiger partial charge in [0.2, 0.25) is 0 Å². The van der Waals surface area contributed by atoms with Gasteiger partial charge in [-0.05, 0) is 37.1 Å². The van der Waals surface area contributed by atoms with Gasteiger partial charge in [0, 0.05) is 16.8 Å². The average Bonchev–Trinajstić information content (AvgIpc) is 2.35. The second kappa shape index (κ2) is 7.39. The van der Waals surface area contributed by atoms with Crippen LogP contribution < -0.4 is 10.6 Å². The van der Waals surface area contributed by atoms with Gasteiger partial charge in [-0.15, -0.1) is 0 Å². The molecule has 2 N–H and O–H groups in total. The fourth-order valence-electron chi connectivity index (χ4n) is 2.49. The number of amides is 2. The second-order valence-corrected chi connectivity index (χ2v) is 5.58. The summed E-state index contributed by atoms with van der Waals surface area (Å²) < 4.78 is 0. The van der Waals surface area contributed by atoms with Crippen molar-refractivity contribution in [1.82, 2.24) is 5.32 Å². The Kier molecular flexibility index (Phi) is 5.52. The van der Waals surface area contributed by atoms with E-state index in [-0.39, 0.29) is 6.03 Å². The van der Waals surface area contributed by atoms with Crippen LogP contribution >= 0.6 is 11.6 Å². The normalized spacial score (nSPS) is 17.3. The largest absolute Gasteiger partial charge is 0.335 e. The minimum absolute atomic E-state index is 0.118. The Morgan fingerprint density at radius 2 is 1.58 bits per heavy atom. The molecule has 2 amide bonds. The Morgan fingerprint density at radius 1 is 1.00 bits per heavy atom. The number of nitrogens with one attached hydrogen (secondary N) is 2. The van der Waals surface area contributed by atoms with E-state index in [0.29, 0.717) is 11.1 Å². The maximum Gasteiger partial charge on any atom is 0.319 e. The molecule has 4 heteroatoms. The van der Waals surface area contributed by atoms with Crippen molar-refractivity contribution in [3.8, 4) is 0 Å². The van der Waals surface area contributed by atoms with Gasteiger partial charge in [-0.2, -0.15) is 0 Å². The third kappa shape index (κ3) is 5.11. The molecule has 104 valence electrons. The van der Waals surface area contributed by atoms with Crippen molar-refractivity contribution in [2.75, 3.05) is 5.32 Å². The van der Waals surface area contributed by atoms with Crippen molar-refractivity contribution in [2.24, 2.45) is 0 Å². The Balaban J connectivity index is 1.80. The van der Waals surface area contributed by atoms with Gasteiger partial charge >= 0.3 is 6.03 Å². The fourth-order valence-corrected chi connectivity index (χ4v) is 2.61. The predicted octanol–water partition coefficient (Wildman–Crippen LogP) is 4.57. The maximum atomic E-state index is 11.9. The first kappa shape index (κ1) is 14.2. The minimum Gasteiger partial charge on any atom is -0.335 e. The lowest BCUT2D eigenvalue weighted by atomic mass is 9.97. The third-order valence-corrected chi connectivity index (χ3v) is 3.79. The Hall–Kier alpha value is -1.22. The molecule has 0 bridgehead atoms. The molecule has 0 saturated heterocycles. The minimum atomic E-state index is -0.118. The lowest BCUT2D eigenvalue weighted by molar-refractivity contribution is 0.245. The molecular weight excluding hydrogens is 260 g/mol. The number of carbonyl (C=O) groups is 1. The first-order valence-corrected chi connectivity index (χ1v) is 7.45. The first-order valence-electron chi connectivity index (χ1n) is 7.07. The van der Waals surface area contributed by atoms with Crippen molar-refractivity contribution >= 4 is 23.3 Å². The quantitative estimate of drug-likeness (QED) is 0.818. The van der Waals surface area contributed by atoms with Crippen LogP contribution in [-0.2, 0) is 0 Å². The number of rotatable bonds is 2. The van der Waals surface area contributed by atoms with Crippen LogP contribution in [0.3, 0.4) is 0 Å². The van der Waals surface area contributed by atoms with E-state index in [9.17, 15) is 4.79 Å².